The van der Waals surface area contributed by atoms with Crippen LogP contribution in [0.4, 0.5) is 10.5 Å². The topological polar surface area (TPSA) is 140 Å². The molecule has 3 aliphatic heterocycles. The summed E-state index contributed by atoms with van der Waals surface area (Å²) in [4.78, 5) is 41.0. The lowest BCUT2D eigenvalue weighted by Crippen LogP contribution is -2.64. The normalized spacial score (nSPS) is 25.2. The molecule has 0 radical (unpaired) electrons. The summed E-state index contributed by atoms with van der Waals surface area (Å²) >= 11 is 0. The van der Waals surface area contributed by atoms with Crippen molar-refractivity contribution in [2.45, 2.75) is 55.7 Å². The van der Waals surface area contributed by atoms with Gasteiger partial charge in [0.05, 0.1) is 28.6 Å². The summed E-state index contributed by atoms with van der Waals surface area (Å²) in [6.45, 7) is 8.50. The molecule has 232 valence electrons. The van der Waals surface area contributed by atoms with Gasteiger partial charge in [-0.25, -0.2) is 18.0 Å². The predicted molar refractivity (Wildman–Crippen MR) is 160 cm³/mol. The Morgan fingerprint density at radius 1 is 1.11 bits per heavy atom. The third-order valence-electron chi connectivity index (χ3n) is 9.01. The van der Waals surface area contributed by atoms with Gasteiger partial charge in [0.25, 0.3) is 10.0 Å². The van der Waals surface area contributed by atoms with Crippen molar-refractivity contribution in [2.75, 3.05) is 24.1 Å². The molecule has 0 spiro atoms. The number of esters is 1. The van der Waals surface area contributed by atoms with Gasteiger partial charge in [0.15, 0.2) is 0 Å². The van der Waals surface area contributed by atoms with Gasteiger partial charge in [-0.3, -0.25) is 9.10 Å². The van der Waals surface area contributed by atoms with E-state index < -0.39 is 52.2 Å². The van der Waals surface area contributed by atoms with Gasteiger partial charge < -0.3 is 24.2 Å². The van der Waals surface area contributed by atoms with Crippen molar-refractivity contribution in [3.8, 4) is 0 Å². The second-order valence-electron chi connectivity index (χ2n) is 11.3. The highest BCUT2D eigenvalue weighted by Gasteiger charge is 2.64. The Kier molecular flexibility index (Phi) is 7.75. The Bertz CT molecular complexity index is 1720. The standard InChI is InChI=1S/C32H34N2O9S/c1-4-16-41-31(37)29-27-21(28-25(30(36)33(28)29)18(3)43-32(38)42-17-5-2)9-7-11-23(27)34-22-10-6-8-20-19(14-15-35)12-13-24(26(20)22)44(34,39)40/h4-6,8,10,12-13,18,21,23,25,28,35H,1-2,7,9,11,14-17H2,3H3/t18-,21-,23-,25+,28?/m0/s1. The maximum Gasteiger partial charge on any atom is 0.508 e. The lowest BCUT2D eigenvalue weighted by atomic mass is 9.71. The van der Waals surface area contributed by atoms with E-state index in [4.69, 9.17) is 14.2 Å². The molecule has 44 heavy (non-hydrogen) atoms. The molecule has 3 heterocycles. The average molecular weight is 623 g/mol. The molecule has 0 aromatic heterocycles. The van der Waals surface area contributed by atoms with Gasteiger partial charge in [-0.1, -0.05) is 49.9 Å². The van der Waals surface area contributed by atoms with E-state index in [0.717, 1.165) is 10.9 Å². The molecule has 1 saturated heterocycles. The van der Waals surface area contributed by atoms with Crippen molar-refractivity contribution in [1.29, 1.82) is 0 Å². The van der Waals surface area contributed by atoms with Crippen LogP contribution in [0.1, 0.15) is 31.7 Å². The Morgan fingerprint density at radius 2 is 1.86 bits per heavy atom. The summed E-state index contributed by atoms with van der Waals surface area (Å²) in [5.74, 6) is -2.26. The van der Waals surface area contributed by atoms with Gasteiger partial charge >= 0.3 is 12.1 Å². The van der Waals surface area contributed by atoms with Gasteiger partial charge in [-0.2, -0.15) is 0 Å². The summed E-state index contributed by atoms with van der Waals surface area (Å²) in [6.07, 6.45) is 3.08. The first-order valence-electron chi connectivity index (χ1n) is 14.7. The fourth-order valence-corrected chi connectivity index (χ4v) is 9.28. The molecule has 2 aromatic rings. The molecule has 6 rings (SSSR count). The van der Waals surface area contributed by atoms with Crippen LogP contribution < -0.4 is 4.31 Å². The van der Waals surface area contributed by atoms with Gasteiger partial charge in [0.1, 0.15) is 25.0 Å². The zero-order chi connectivity index (χ0) is 31.3. The van der Waals surface area contributed by atoms with Crippen LogP contribution in [0.2, 0.25) is 0 Å². The molecule has 1 aliphatic carbocycles. The summed E-state index contributed by atoms with van der Waals surface area (Å²) < 4.78 is 45.7. The molecule has 11 nitrogen and oxygen atoms in total. The molecule has 12 heteroatoms. The van der Waals surface area contributed by atoms with Gasteiger partial charge in [0, 0.05) is 17.9 Å². The zero-order valence-electron chi connectivity index (χ0n) is 24.3. The van der Waals surface area contributed by atoms with E-state index in [1.807, 2.05) is 6.07 Å². The average Bonchev–Trinajstić information content (AvgIpc) is 3.42. The molecular weight excluding hydrogens is 588 g/mol. The highest BCUT2D eigenvalue weighted by molar-refractivity contribution is 7.93. The number of benzene rings is 2. The van der Waals surface area contributed by atoms with Gasteiger partial charge in [0.2, 0.25) is 5.91 Å². The van der Waals surface area contributed by atoms with E-state index >= 15 is 0 Å². The van der Waals surface area contributed by atoms with Crippen LogP contribution in [0, 0.1) is 11.8 Å². The van der Waals surface area contributed by atoms with Crippen molar-refractivity contribution in [1.82, 2.24) is 4.90 Å². The number of sulfonamides is 1. The van der Waals surface area contributed by atoms with E-state index in [9.17, 15) is 27.9 Å². The largest absolute Gasteiger partial charge is 0.508 e. The summed E-state index contributed by atoms with van der Waals surface area (Å²) in [7, 11) is -4.05. The highest BCUT2D eigenvalue weighted by Crippen LogP contribution is 2.56. The fraction of sp³-hybridized carbons (Fsp3) is 0.406. The van der Waals surface area contributed by atoms with Gasteiger partial charge in [-0.15, -0.1) is 0 Å². The molecule has 1 saturated carbocycles. The number of rotatable bonds is 10. The Labute approximate surface area is 255 Å². The smallest absolute Gasteiger partial charge is 0.457 e. The Balaban J connectivity index is 1.43. The lowest BCUT2D eigenvalue weighted by Gasteiger charge is -2.48. The van der Waals surface area contributed by atoms with E-state index in [-0.39, 0.29) is 36.3 Å². The molecule has 5 atom stereocenters. The number of hydrogen-bond donors (Lipinski definition) is 1. The van der Waals surface area contributed by atoms with Crippen LogP contribution in [0.15, 0.2) is 71.8 Å². The van der Waals surface area contributed by atoms with E-state index in [0.29, 0.717) is 42.3 Å². The maximum atomic E-state index is 14.3. The van der Waals surface area contributed by atoms with Crippen LogP contribution >= 0.6 is 0 Å². The Morgan fingerprint density at radius 3 is 2.59 bits per heavy atom. The first kappa shape index (κ1) is 29.9. The maximum absolute atomic E-state index is 14.3. The number of amides is 1. The monoisotopic (exact) mass is 622 g/mol. The minimum Gasteiger partial charge on any atom is -0.457 e. The molecule has 4 aliphatic rings. The number of aliphatic hydroxyl groups excluding tert-OH is 1. The van der Waals surface area contributed by atoms with E-state index in [1.54, 1.807) is 31.2 Å². The van der Waals surface area contributed by atoms with Crippen LogP contribution in [0.5, 0.6) is 0 Å². The number of fused-ring (bicyclic) bond motifs is 3. The predicted octanol–water partition coefficient (Wildman–Crippen LogP) is 3.60. The number of β-lactam (4-membered cyclic amide) rings is 1. The van der Waals surface area contributed by atoms with Crippen LogP contribution in [0.3, 0.4) is 0 Å². The van der Waals surface area contributed by atoms with Crippen LogP contribution in [0.25, 0.3) is 10.8 Å². The molecule has 2 fully saturated rings. The van der Waals surface area contributed by atoms with Crippen molar-refractivity contribution in [2.24, 2.45) is 11.8 Å². The summed E-state index contributed by atoms with van der Waals surface area (Å²) in [6, 6.07) is 7.42. The van der Waals surface area contributed by atoms with Crippen molar-refractivity contribution < 1.29 is 42.1 Å². The quantitative estimate of drug-likeness (QED) is 0.239. The molecule has 1 unspecified atom stereocenters. The first-order chi connectivity index (χ1) is 21.2. The Hall–Kier alpha value is -4.16. The number of carbonyl (C=O) groups excluding carboxylic acids is 3. The van der Waals surface area contributed by atoms with Crippen molar-refractivity contribution >= 4 is 44.5 Å². The van der Waals surface area contributed by atoms with Crippen LogP contribution in [-0.2, 0) is 40.2 Å². The number of hydrogen-bond acceptors (Lipinski definition) is 9. The second-order valence-corrected chi connectivity index (χ2v) is 13.1. The fourth-order valence-electron chi connectivity index (χ4n) is 7.39. The first-order valence-corrected chi connectivity index (χ1v) is 16.1. The zero-order valence-corrected chi connectivity index (χ0v) is 25.1. The lowest BCUT2D eigenvalue weighted by molar-refractivity contribution is -0.165. The number of ether oxygens (including phenoxy) is 3. The summed E-state index contributed by atoms with van der Waals surface area (Å²) in [5.41, 5.74) is 1.91. The van der Waals surface area contributed by atoms with E-state index in [2.05, 4.69) is 13.2 Å². The number of carbonyl (C=O) groups is 3. The molecular formula is C32H34N2O9S. The number of nitrogens with zero attached hydrogens (tertiary/aromatic N) is 2. The van der Waals surface area contributed by atoms with E-state index in [1.165, 1.54) is 21.4 Å². The minimum absolute atomic E-state index is 0.0457. The van der Waals surface area contributed by atoms with Crippen molar-refractivity contribution in [3.63, 3.8) is 0 Å². The third kappa shape index (κ3) is 4.42. The van der Waals surface area contributed by atoms with Crippen LogP contribution in [-0.4, -0.2) is 74.5 Å². The van der Waals surface area contributed by atoms with Gasteiger partial charge in [-0.05, 0) is 54.8 Å². The van der Waals surface area contributed by atoms with Crippen molar-refractivity contribution in [3.05, 3.63) is 72.5 Å². The third-order valence-corrected chi connectivity index (χ3v) is 10.9. The minimum atomic E-state index is -4.05. The molecule has 1 N–H and O–H groups in total. The number of anilines is 1. The number of aliphatic hydroxyl groups is 1. The second kappa shape index (κ2) is 11.4. The highest BCUT2D eigenvalue weighted by atomic mass is 32.2. The molecule has 2 aromatic carbocycles. The molecule has 1 amide bonds. The summed E-state index contributed by atoms with van der Waals surface area (Å²) in [5, 5.41) is 10.9. The SMILES string of the molecule is C=CCOC(=O)O[C@@H](C)[C@H]1C(=O)N2C(C(=O)OCC=C)=C3[C@H](CCC[C@@H]3N3c4cccc5c(CCO)ccc(c45)S3(=O)=O)C12. The molecule has 0 bridgehead atoms.